The van der Waals surface area contributed by atoms with Crippen LogP contribution in [0.2, 0.25) is 0 Å². The van der Waals surface area contributed by atoms with Gasteiger partial charge in [0, 0.05) is 27.2 Å². The summed E-state index contributed by atoms with van der Waals surface area (Å²) >= 11 is 5.11. The van der Waals surface area contributed by atoms with Crippen molar-refractivity contribution in [1.29, 1.82) is 0 Å². The van der Waals surface area contributed by atoms with Crippen molar-refractivity contribution in [3.8, 4) is 0 Å². The van der Waals surface area contributed by atoms with Crippen molar-refractivity contribution in [2.45, 2.75) is 13.8 Å². The van der Waals surface area contributed by atoms with Gasteiger partial charge in [0.05, 0.1) is 6.61 Å². The predicted molar refractivity (Wildman–Crippen MR) is 67.3 cm³/mol. The molecule has 1 rings (SSSR count). The Morgan fingerprint density at radius 3 is 2.69 bits per heavy atom. The molecule has 0 spiro atoms. The van der Waals surface area contributed by atoms with E-state index in [-0.39, 0.29) is 0 Å². The van der Waals surface area contributed by atoms with Crippen LogP contribution in [0, 0.1) is 10.7 Å². The van der Waals surface area contributed by atoms with E-state index in [1.54, 1.807) is 7.11 Å². The highest BCUT2D eigenvalue weighted by Crippen LogP contribution is 2.11. The molecular weight excluding hydrogens is 224 g/mol. The molecule has 0 aliphatic carbocycles. The van der Waals surface area contributed by atoms with Crippen LogP contribution in [0.25, 0.3) is 0 Å². The van der Waals surface area contributed by atoms with Gasteiger partial charge in [-0.2, -0.15) is 0 Å². The molecule has 1 N–H and O–H groups in total. The van der Waals surface area contributed by atoms with E-state index >= 15 is 0 Å². The number of aromatic amines is 1. The second-order valence-electron chi connectivity index (χ2n) is 4.22. The summed E-state index contributed by atoms with van der Waals surface area (Å²) in [6.07, 6.45) is 0. The molecule has 0 radical (unpaired) electrons. The number of hydrogen-bond donors (Lipinski definition) is 1. The van der Waals surface area contributed by atoms with Gasteiger partial charge in [0.15, 0.2) is 4.77 Å². The Morgan fingerprint density at radius 1 is 1.56 bits per heavy atom. The minimum Gasteiger partial charge on any atom is -0.383 e. The van der Waals surface area contributed by atoms with E-state index in [9.17, 15) is 0 Å². The SMILES string of the molecule is COCCN(CC(C)C)c1n[nH]c(=S)n1C. The number of aromatic nitrogens is 3. The Bertz CT molecular complexity index is 371. The van der Waals surface area contributed by atoms with Crippen LogP contribution in [-0.2, 0) is 11.8 Å². The number of ether oxygens (including phenoxy) is 1. The summed E-state index contributed by atoms with van der Waals surface area (Å²) in [6.45, 7) is 6.81. The van der Waals surface area contributed by atoms with Crippen LogP contribution in [0.5, 0.6) is 0 Å². The van der Waals surface area contributed by atoms with Gasteiger partial charge in [0.1, 0.15) is 0 Å². The summed E-state index contributed by atoms with van der Waals surface area (Å²) in [6, 6.07) is 0. The summed E-state index contributed by atoms with van der Waals surface area (Å²) in [5.41, 5.74) is 0. The van der Waals surface area contributed by atoms with Crippen molar-refractivity contribution in [3.05, 3.63) is 4.77 Å². The smallest absolute Gasteiger partial charge is 0.225 e. The maximum absolute atomic E-state index is 5.11. The molecule has 1 aromatic heterocycles. The average molecular weight is 244 g/mol. The lowest BCUT2D eigenvalue weighted by molar-refractivity contribution is 0.204. The Labute approximate surface area is 101 Å². The van der Waals surface area contributed by atoms with Crippen LogP contribution in [0.4, 0.5) is 5.95 Å². The number of H-pyrrole nitrogens is 1. The molecule has 6 heteroatoms. The fourth-order valence-corrected chi connectivity index (χ4v) is 1.66. The quantitative estimate of drug-likeness (QED) is 0.772. The lowest BCUT2D eigenvalue weighted by Crippen LogP contribution is -2.33. The van der Waals surface area contributed by atoms with Gasteiger partial charge in [-0.05, 0) is 18.1 Å². The Morgan fingerprint density at radius 2 is 2.25 bits per heavy atom. The highest BCUT2D eigenvalue weighted by Gasteiger charge is 2.13. The zero-order valence-corrected chi connectivity index (χ0v) is 11.2. The van der Waals surface area contributed by atoms with Gasteiger partial charge in [-0.3, -0.25) is 4.57 Å². The van der Waals surface area contributed by atoms with Crippen molar-refractivity contribution < 1.29 is 4.74 Å². The number of nitrogens with one attached hydrogen (secondary N) is 1. The minimum absolute atomic E-state index is 0.571. The molecule has 92 valence electrons. The zero-order valence-electron chi connectivity index (χ0n) is 10.4. The second-order valence-corrected chi connectivity index (χ2v) is 4.61. The maximum Gasteiger partial charge on any atom is 0.225 e. The first kappa shape index (κ1) is 13.2. The molecule has 1 heterocycles. The lowest BCUT2D eigenvalue weighted by atomic mass is 10.2. The highest BCUT2D eigenvalue weighted by molar-refractivity contribution is 7.71. The zero-order chi connectivity index (χ0) is 12.1. The van der Waals surface area contributed by atoms with E-state index < -0.39 is 0 Å². The van der Waals surface area contributed by atoms with Crippen LogP contribution in [-0.4, -0.2) is 41.6 Å². The van der Waals surface area contributed by atoms with Gasteiger partial charge in [-0.25, -0.2) is 5.10 Å². The molecular formula is C10H20N4OS. The van der Waals surface area contributed by atoms with Gasteiger partial charge in [-0.15, -0.1) is 5.10 Å². The number of hydrogen-bond acceptors (Lipinski definition) is 4. The monoisotopic (exact) mass is 244 g/mol. The summed E-state index contributed by atoms with van der Waals surface area (Å²) in [7, 11) is 3.62. The van der Waals surface area contributed by atoms with E-state index in [0.717, 1.165) is 19.0 Å². The molecule has 1 aromatic rings. The normalized spacial score (nSPS) is 11.1. The number of methoxy groups -OCH3 is 1. The third-order valence-corrected chi connectivity index (χ3v) is 2.66. The number of nitrogens with zero attached hydrogens (tertiary/aromatic N) is 3. The first-order chi connectivity index (χ1) is 7.56. The fraction of sp³-hybridized carbons (Fsp3) is 0.800. The van der Waals surface area contributed by atoms with Crippen molar-refractivity contribution >= 4 is 18.2 Å². The van der Waals surface area contributed by atoms with Crippen LogP contribution in [0.3, 0.4) is 0 Å². The average Bonchev–Trinajstić information content (AvgIpc) is 2.54. The molecule has 0 saturated heterocycles. The summed E-state index contributed by atoms with van der Waals surface area (Å²) in [4.78, 5) is 2.18. The number of rotatable bonds is 6. The van der Waals surface area contributed by atoms with Crippen molar-refractivity contribution in [2.75, 3.05) is 31.7 Å². The maximum atomic E-state index is 5.11. The van der Waals surface area contributed by atoms with Gasteiger partial charge in [-0.1, -0.05) is 13.8 Å². The molecule has 0 fully saturated rings. The Balaban J connectivity index is 2.82. The molecule has 0 aromatic carbocycles. The molecule has 0 aliphatic heterocycles. The van der Waals surface area contributed by atoms with Gasteiger partial charge in [0.25, 0.3) is 0 Å². The van der Waals surface area contributed by atoms with E-state index in [0.29, 0.717) is 17.3 Å². The third kappa shape index (κ3) is 3.31. The Hall–Kier alpha value is -0.880. The van der Waals surface area contributed by atoms with Crippen LogP contribution < -0.4 is 4.90 Å². The molecule has 0 unspecified atom stereocenters. The lowest BCUT2D eigenvalue weighted by Gasteiger charge is -2.24. The van der Waals surface area contributed by atoms with E-state index in [2.05, 4.69) is 28.9 Å². The van der Waals surface area contributed by atoms with Crippen molar-refractivity contribution in [2.24, 2.45) is 13.0 Å². The van der Waals surface area contributed by atoms with Crippen LogP contribution in [0.15, 0.2) is 0 Å². The minimum atomic E-state index is 0.571. The highest BCUT2D eigenvalue weighted by atomic mass is 32.1. The molecule has 5 nitrogen and oxygen atoms in total. The summed E-state index contributed by atoms with van der Waals surface area (Å²) in [5, 5.41) is 7.04. The summed E-state index contributed by atoms with van der Waals surface area (Å²) in [5.74, 6) is 1.44. The van der Waals surface area contributed by atoms with E-state index in [1.165, 1.54) is 0 Å². The first-order valence-electron chi connectivity index (χ1n) is 5.41. The molecule has 0 atom stereocenters. The van der Waals surface area contributed by atoms with Crippen molar-refractivity contribution in [1.82, 2.24) is 14.8 Å². The van der Waals surface area contributed by atoms with E-state index in [1.807, 2.05) is 11.6 Å². The van der Waals surface area contributed by atoms with Crippen LogP contribution >= 0.6 is 12.2 Å². The predicted octanol–water partition coefficient (Wildman–Crippen LogP) is 1.59. The third-order valence-electron chi connectivity index (χ3n) is 2.29. The van der Waals surface area contributed by atoms with Gasteiger partial charge in [0.2, 0.25) is 5.95 Å². The van der Waals surface area contributed by atoms with Gasteiger partial charge >= 0.3 is 0 Å². The molecule has 16 heavy (non-hydrogen) atoms. The molecule has 0 amide bonds. The molecule has 0 saturated carbocycles. The topological polar surface area (TPSA) is 46.1 Å². The summed E-state index contributed by atoms with van der Waals surface area (Å²) < 4.78 is 7.63. The largest absolute Gasteiger partial charge is 0.383 e. The van der Waals surface area contributed by atoms with Crippen molar-refractivity contribution in [3.63, 3.8) is 0 Å². The Kier molecular flexibility index (Phi) is 4.95. The second kappa shape index (κ2) is 6.00. The first-order valence-corrected chi connectivity index (χ1v) is 5.82. The molecule has 0 bridgehead atoms. The standard InChI is InChI=1S/C10H20N4OS/c1-8(2)7-14(5-6-15-4)9-11-12-10(16)13(9)3/h8H,5-7H2,1-4H3,(H,12,16). The number of anilines is 1. The van der Waals surface area contributed by atoms with E-state index in [4.69, 9.17) is 17.0 Å². The van der Waals surface area contributed by atoms with Crippen LogP contribution in [0.1, 0.15) is 13.8 Å². The fourth-order valence-electron chi connectivity index (χ4n) is 1.54. The van der Waals surface area contributed by atoms with Gasteiger partial charge < -0.3 is 9.64 Å². The molecule has 0 aliphatic rings.